The summed E-state index contributed by atoms with van der Waals surface area (Å²) in [6, 6.07) is 4.55. The second-order valence-electron chi connectivity index (χ2n) is 8.88. The largest absolute Gasteiger partial charge is 0.353 e. The summed E-state index contributed by atoms with van der Waals surface area (Å²) in [5, 5.41) is 7.68. The Morgan fingerprint density at radius 2 is 2.06 bits per heavy atom. The van der Waals surface area contributed by atoms with Crippen molar-refractivity contribution in [3.8, 4) is 0 Å². The van der Waals surface area contributed by atoms with E-state index in [1.54, 1.807) is 28.3 Å². The van der Waals surface area contributed by atoms with Crippen LogP contribution in [0.4, 0.5) is 5.95 Å². The van der Waals surface area contributed by atoms with E-state index >= 15 is 0 Å². The van der Waals surface area contributed by atoms with Gasteiger partial charge in [0.25, 0.3) is 5.56 Å². The summed E-state index contributed by atoms with van der Waals surface area (Å²) in [6.07, 6.45) is 7.93. The third kappa shape index (κ3) is 4.46. The molecule has 0 spiro atoms. The normalized spacial score (nSPS) is 15.3. The minimum atomic E-state index is 0.0676. The first kappa shape index (κ1) is 22.3. The molecule has 5 aromatic rings. The zero-order valence-corrected chi connectivity index (χ0v) is 21.1. The highest BCUT2D eigenvalue weighted by Crippen LogP contribution is 2.23. The lowest BCUT2D eigenvalue weighted by molar-refractivity contribution is 0.220. The highest BCUT2D eigenvalue weighted by Gasteiger charge is 2.22. The fourth-order valence-corrected chi connectivity index (χ4v) is 6.20. The average molecular weight is 507 g/mol. The van der Waals surface area contributed by atoms with Crippen molar-refractivity contribution >= 4 is 44.7 Å². The zero-order chi connectivity index (χ0) is 23.8. The molecule has 1 saturated heterocycles. The summed E-state index contributed by atoms with van der Waals surface area (Å²) in [5.74, 6) is 0.853. The van der Waals surface area contributed by atoms with Crippen LogP contribution in [0, 0.1) is 6.92 Å². The molecule has 180 valence electrons. The van der Waals surface area contributed by atoms with Gasteiger partial charge in [0.05, 0.1) is 12.7 Å². The molecular weight excluding hydrogens is 480 g/mol. The number of piperidine rings is 1. The molecule has 0 atom stereocenters. The Hall–Kier alpha value is -3.15. The SMILES string of the molecule is Cc1nc2sccn2c(=O)c1CCN1CCC(Nc2nc3cncnc3n2Cc2cccs2)CC1. The number of anilines is 1. The summed E-state index contributed by atoms with van der Waals surface area (Å²) < 4.78 is 3.81. The average Bonchev–Trinajstić information content (AvgIpc) is 3.62. The van der Waals surface area contributed by atoms with Crippen LogP contribution in [0.5, 0.6) is 0 Å². The highest BCUT2D eigenvalue weighted by atomic mass is 32.1. The van der Waals surface area contributed by atoms with E-state index in [0.717, 1.165) is 78.8 Å². The molecule has 0 aromatic carbocycles. The fraction of sp³-hybridized carbons (Fsp3) is 0.375. The molecule has 6 rings (SSSR count). The van der Waals surface area contributed by atoms with Gasteiger partial charge in [-0.2, -0.15) is 0 Å². The van der Waals surface area contributed by atoms with Gasteiger partial charge in [-0.1, -0.05) is 6.07 Å². The number of fused-ring (bicyclic) bond motifs is 2. The number of thiophene rings is 1. The summed E-state index contributed by atoms with van der Waals surface area (Å²) in [5.41, 5.74) is 3.40. The van der Waals surface area contributed by atoms with Crippen molar-refractivity contribution in [2.24, 2.45) is 0 Å². The van der Waals surface area contributed by atoms with E-state index in [4.69, 9.17) is 4.98 Å². The van der Waals surface area contributed by atoms with E-state index in [2.05, 4.69) is 47.2 Å². The number of thiazole rings is 1. The number of hydrogen-bond donors (Lipinski definition) is 1. The van der Waals surface area contributed by atoms with E-state index in [1.165, 1.54) is 16.2 Å². The summed E-state index contributed by atoms with van der Waals surface area (Å²) in [4.78, 5) is 35.3. The Morgan fingerprint density at radius 1 is 1.17 bits per heavy atom. The predicted molar refractivity (Wildman–Crippen MR) is 140 cm³/mol. The molecule has 1 aliphatic heterocycles. The van der Waals surface area contributed by atoms with Gasteiger partial charge >= 0.3 is 0 Å². The summed E-state index contributed by atoms with van der Waals surface area (Å²) in [7, 11) is 0. The van der Waals surface area contributed by atoms with E-state index in [0.29, 0.717) is 6.04 Å². The Kier molecular flexibility index (Phi) is 6.05. The van der Waals surface area contributed by atoms with Crippen molar-refractivity contribution in [1.29, 1.82) is 0 Å². The van der Waals surface area contributed by atoms with Gasteiger partial charge in [-0.3, -0.25) is 13.8 Å². The van der Waals surface area contributed by atoms with Crippen molar-refractivity contribution in [1.82, 2.24) is 33.8 Å². The minimum Gasteiger partial charge on any atom is -0.353 e. The molecule has 1 aliphatic rings. The van der Waals surface area contributed by atoms with E-state index < -0.39 is 0 Å². The molecule has 11 heteroatoms. The Balaban J connectivity index is 1.11. The van der Waals surface area contributed by atoms with Crippen molar-refractivity contribution in [2.75, 3.05) is 25.0 Å². The third-order valence-corrected chi connectivity index (χ3v) is 8.29. The van der Waals surface area contributed by atoms with Crippen LogP contribution < -0.4 is 10.9 Å². The van der Waals surface area contributed by atoms with E-state index in [9.17, 15) is 4.79 Å². The number of aromatic nitrogens is 6. The van der Waals surface area contributed by atoms with Gasteiger partial charge in [0.15, 0.2) is 10.6 Å². The lowest BCUT2D eigenvalue weighted by atomic mass is 10.0. The van der Waals surface area contributed by atoms with Gasteiger partial charge in [-0.15, -0.1) is 22.7 Å². The second-order valence-corrected chi connectivity index (χ2v) is 10.8. The predicted octanol–water partition coefficient (Wildman–Crippen LogP) is 3.43. The topological polar surface area (TPSA) is 93.2 Å². The molecule has 0 unspecified atom stereocenters. The van der Waals surface area contributed by atoms with Crippen LogP contribution in [0.1, 0.15) is 29.0 Å². The first-order chi connectivity index (χ1) is 17.2. The van der Waals surface area contributed by atoms with Crippen LogP contribution in [0.2, 0.25) is 0 Å². The molecule has 5 aromatic heterocycles. The molecule has 0 saturated carbocycles. The number of rotatable bonds is 7. The van der Waals surface area contributed by atoms with Gasteiger partial charge in [0.1, 0.15) is 11.8 Å². The number of likely N-dealkylation sites (tertiary alicyclic amines) is 1. The first-order valence-electron chi connectivity index (χ1n) is 11.8. The van der Waals surface area contributed by atoms with Crippen molar-refractivity contribution in [2.45, 2.75) is 38.8 Å². The smallest absolute Gasteiger partial charge is 0.261 e. The highest BCUT2D eigenvalue weighted by molar-refractivity contribution is 7.15. The maximum atomic E-state index is 12.8. The Bertz CT molecular complexity index is 1510. The lowest BCUT2D eigenvalue weighted by Gasteiger charge is -2.32. The van der Waals surface area contributed by atoms with Gasteiger partial charge in [-0.25, -0.2) is 19.9 Å². The number of nitrogens with zero attached hydrogens (tertiary/aromatic N) is 7. The number of aryl methyl sites for hydroxylation is 1. The Labute approximate surface area is 210 Å². The maximum absolute atomic E-state index is 12.8. The summed E-state index contributed by atoms with van der Waals surface area (Å²) >= 11 is 3.23. The number of nitrogens with one attached hydrogen (secondary N) is 1. The van der Waals surface area contributed by atoms with Crippen LogP contribution in [0.25, 0.3) is 16.1 Å². The third-order valence-electron chi connectivity index (χ3n) is 6.67. The van der Waals surface area contributed by atoms with Gasteiger partial charge in [0.2, 0.25) is 5.95 Å². The standard InChI is InChI=1S/C24H26N8OS2/c1-16-19(22(33)31-10-12-35-24(31)27-16)6-9-30-7-4-17(5-8-30)28-23-29-20-13-25-15-26-21(20)32(23)14-18-3-2-11-34-18/h2-3,10-13,15,17H,4-9,14H2,1H3,(H,28,29). The van der Waals surface area contributed by atoms with Crippen LogP contribution in [-0.2, 0) is 13.0 Å². The zero-order valence-electron chi connectivity index (χ0n) is 19.4. The number of hydrogen-bond acceptors (Lipinski definition) is 9. The summed E-state index contributed by atoms with van der Waals surface area (Å²) in [6.45, 7) is 5.52. The van der Waals surface area contributed by atoms with Crippen molar-refractivity contribution in [3.63, 3.8) is 0 Å². The maximum Gasteiger partial charge on any atom is 0.261 e. The molecule has 0 bridgehead atoms. The van der Waals surface area contributed by atoms with Crippen LogP contribution in [-0.4, -0.2) is 59.5 Å². The van der Waals surface area contributed by atoms with Gasteiger partial charge in [-0.05, 0) is 37.6 Å². The molecule has 0 aliphatic carbocycles. The Morgan fingerprint density at radius 3 is 2.89 bits per heavy atom. The molecule has 1 N–H and O–H groups in total. The number of imidazole rings is 1. The van der Waals surface area contributed by atoms with Gasteiger partial charge in [0, 0.05) is 53.4 Å². The molecule has 9 nitrogen and oxygen atoms in total. The molecule has 0 amide bonds. The van der Waals surface area contributed by atoms with Crippen LogP contribution in [0.15, 0.2) is 46.4 Å². The van der Waals surface area contributed by atoms with Crippen molar-refractivity contribution in [3.05, 3.63) is 68.1 Å². The fourth-order valence-electron chi connectivity index (χ4n) is 4.76. The second kappa shape index (κ2) is 9.48. The van der Waals surface area contributed by atoms with Crippen molar-refractivity contribution < 1.29 is 0 Å². The molecule has 35 heavy (non-hydrogen) atoms. The molecule has 1 fully saturated rings. The van der Waals surface area contributed by atoms with Crippen LogP contribution in [0.3, 0.4) is 0 Å². The monoisotopic (exact) mass is 506 g/mol. The first-order valence-corrected chi connectivity index (χ1v) is 13.5. The lowest BCUT2D eigenvalue weighted by Crippen LogP contribution is -2.40. The van der Waals surface area contributed by atoms with E-state index in [-0.39, 0.29) is 5.56 Å². The van der Waals surface area contributed by atoms with Gasteiger partial charge < -0.3 is 10.2 Å². The van der Waals surface area contributed by atoms with E-state index in [1.807, 2.05) is 18.5 Å². The van der Waals surface area contributed by atoms with Crippen LogP contribution >= 0.6 is 22.7 Å². The molecule has 6 heterocycles. The molecule has 0 radical (unpaired) electrons. The molecular formula is C24H26N8OS2. The minimum absolute atomic E-state index is 0.0676. The quantitative estimate of drug-likeness (QED) is 0.361.